The lowest BCUT2D eigenvalue weighted by molar-refractivity contribution is -0.134. The molecule has 28 heavy (non-hydrogen) atoms. The number of allylic oxidation sites excluding steroid dienone is 2. The number of aromatic hydroxyl groups is 1. The lowest BCUT2D eigenvalue weighted by Crippen LogP contribution is -2.40. The summed E-state index contributed by atoms with van der Waals surface area (Å²) in [6, 6.07) is 15.4. The topological polar surface area (TPSA) is 66.6 Å². The van der Waals surface area contributed by atoms with Crippen molar-refractivity contribution < 1.29 is 9.90 Å². The molecule has 0 aliphatic rings. The van der Waals surface area contributed by atoms with E-state index in [0.717, 1.165) is 12.0 Å². The molecule has 0 radical (unpaired) electrons. The largest absolute Gasteiger partial charge is 0.508 e. The van der Waals surface area contributed by atoms with Crippen LogP contribution in [0.15, 0.2) is 54.6 Å². The zero-order chi connectivity index (χ0) is 20.5. The van der Waals surface area contributed by atoms with Gasteiger partial charge in [0.15, 0.2) is 0 Å². The Hall–Kier alpha value is -2.59. The maximum absolute atomic E-state index is 13.1. The van der Waals surface area contributed by atoms with Crippen LogP contribution in [0.1, 0.15) is 37.0 Å². The van der Waals surface area contributed by atoms with Gasteiger partial charge in [-0.15, -0.1) is 0 Å². The molecule has 0 heterocycles. The fourth-order valence-electron chi connectivity index (χ4n) is 3.46. The van der Waals surface area contributed by atoms with Crippen molar-refractivity contribution in [3.63, 3.8) is 0 Å². The van der Waals surface area contributed by atoms with Crippen molar-refractivity contribution in [2.75, 3.05) is 19.6 Å². The van der Waals surface area contributed by atoms with Crippen LogP contribution in [0.25, 0.3) is 5.57 Å². The molecule has 0 spiro atoms. The van der Waals surface area contributed by atoms with Gasteiger partial charge in [0.05, 0.1) is 0 Å². The number of nitrogens with two attached hydrogens (primary N) is 1. The Labute approximate surface area is 168 Å². The highest BCUT2D eigenvalue weighted by molar-refractivity contribution is 5.81. The van der Waals surface area contributed by atoms with Gasteiger partial charge in [-0.1, -0.05) is 49.4 Å². The fourth-order valence-corrected chi connectivity index (χ4v) is 3.46. The van der Waals surface area contributed by atoms with Crippen LogP contribution < -0.4 is 5.73 Å². The highest BCUT2D eigenvalue weighted by Gasteiger charge is 2.21. The number of aryl methyl sites for hydroxylation is 1. The SMILES string of the molecule is C/C=C(/CC(C)C(=O)N(CCN)CCc1ccc(O)cc1)c1ccccc1C. The number of carbonyl (C=O) groups excluding carboxylic acids is 1. The van der Waals surface area contributed by atoms with Gasteiger partial charge in [-0.25, -0.2) is 0 Å². The van der Waals surface area contributed by atoms with Crippen LogP contribution in [0, 0.1) is 12.8 Å². The number of carbonyl (C=O) groups is 1. The number of phenolic OH excluding ortho intramolecular Hbond substituents is 1. The first kappa shape index (κ1) is 21.7. The minimum absolute atomic E-state index is 0.114. The molecule has 0 aliphatic heterocycles. The van der Waals surface area contributed by atoms with Crippen molar-refractivity contribution in [2.45, 2.75) is 33.6 Å². The van der Waals surface area contributed by atoms with Gasteiger partial charge in [-0.3, -0.25) is 4.79 Å². The second-order valence-electron chi connectivity index (χ2n) is 7.26. The first-order valence-corrected chi connectivity index (χ1v) is 9.94. The molecule has 150 valence electrons. The normalized spacial score (nSPS) is 12.6. The van der Waals surface area contributed by atoms with E-state index < -0.39 is 0 Å². The predicted molar refractivity (Wildman–Crippen MR) is 116 cm³/mol. The third kappa shape index (κ3) is 5.96. The molecule has 4 nitrogen and oxygen atoms in total. The van der Waals surface area contributed by atoms with E-state index in [2.05, 4.69) is 25.1 Å². The molecule has 1 amide bonds. The van der Waals surface area contributed by atoms with Gasteiger partial charge in [0.25, 0.3) is 0 Å². The van der Waals surface area contributed by atoms with Gasteiger partial charge >= 0.3 is 0 Å². The van der Waals surface area contributed by atoms with Crippen molar-refractivity contribution in [1.29, 1.82) is 0 Å². The Bertz CT molecular complexity index is 797. The third-order valence-corrected chi connectivity index (χ3v) is 5.10. The molecule has 0 saturated carbocycles. The lowest BCUT2D eigenvalue weighted by Gasteiger charge is -2.26. The van der Waals surface area contributed by atoms with Gasteiger partial charge in [0, 0.05) is 25.6 Å². The standard InChI is InChI=1S/C24H32N2O2/c1-4-21(23-8-6-5-7-18(23)2)17-19(3)24(28)26(16-14-25)15-13-20-9-11-22(27)12-10-20/h4-12,19,27H,13-17,25H2,1-3H3/b21-4-. The van der Waals surface area contributed by atoms with Crippen LogP contribution in [0.4, 0.5) is 0 Å². The molecule has 1 unspecified atom stereocenters. The molecule has 0 fully saturated rings. The van der Waals surface area contributed by atoms with Crippen LogP contribution in [0.5, 0.6) is 5.75 Å². The maximum Gasteiger partial charge on any atom is 0.225 e. The first-order valence-electron chi connectivity index (χ1n) is 9.94. The zero-order valence-electron chi connectivity index (χ0n) is 17.2. The molecule has 0 aromatic heterocycles. The monoisotopic (exact) mass is 380 g/mol. The van der Waals surface area contributed by atoms with E-state index in [1.807, 2.05) is 43.0 Å². The number of rotatable bonds is 9. The Morgan fingerprint density at radius 2 is 1.82 bits per heavy atom. The van der Waals surface area contributed by atoms with Crippen molar-refractivity contribution in [3.05, 3.63) is 71.3 Å². The molecule has 0 saturated heterocycles. The first-order chi connectivity index (χ1) is 13.5. The Morgan fingerprint density at radius 1 is 1.14 bits per heavy atom. The summed E-state index contributed by atoms with van der Waals surface area (Å²) in [5.74, 6) is 0.275. The smallest absolute Gasteiger partial charge is 0.225 e. The van der Waals surface area contributed by atoms with Gasteiger partial charge in [0.2, 0.25) is 5.91 Å². The summed E-state index contributed by atoms with van der Waals surface area (Å²) in [5, 5.41) is 9.41. The quantitative estimate of drug-likeness (QED) is 0.686. The van der Waals surface area contributed by atoms with Crippen LogP contribution >= 0.6 is 0 Å². The van der Waals surface area contributed by atoms with E-state index in [-0.39, 0.29) is 17.6 Å². The summed E-state index contributed by atoms with van der Waals surface area (Å²) in [7, 11) is 0. The average Bonchev–Trinajstić information content (AvgIpc) is 2.70. The number of nitrogens with zero attached hydrogens (tertiary/aromatic N) is 1. The fraction of sp³-hybridized carbons (Fsp3) is 0.375. The predicted octanol–water partition coefficient (Wildman–Crippen LogP) is 4.16. The van der Waals surface area contributed by atoms with Crippen LogP contribution in [-0.2, 0) is 11.2 Å². The van der Waals surface area contributed by atoms with Gasteiger partial charge in [0.1, 0.15) is 5.75 Å². The van der Waals surface area contributed by atoms with Crippen LogP contribution in [0.3, 0.4) is 0 Å². The number of amides is 1. The third-order valence-electron chi connectivity index (χ3n) is 5.10. The summed E-state index contributed by atoms with van der Waals surface area (Å²) < 4.78 is 0. The molecular formula is C24H32N2O2. The van der Waals surface area contributed by atoms with Gasteiger partial charge in [-0.05, 0) is 61.1 Å². The minimum atomic E-state index is -0.114. The summed E-state index contributed by atoms with van der Waals surface area (Å²) in [4.78, 5) is 14.9. The molecule has 2 rings (SSSR count). The van der Waals surface area contributed by atoms with E-state index in [0.29, 0.717) is 26.1 Å². The maximum atomic E-state index is 13.1. The zero-order valence-corrected chi connectivity index (χ0v) is 17.2. The molecule has 0 bridgehead atoms. The number of hydrogen-bond donors (Lipinski definition) is 2. The number of benzene rings is 2. The summed E-state index contributed by atoms with van der Waals surface area (Å²) in [6.45, 7) is 7.75. The highest BCUT2D eigenvalue weighted by atomic mass is 16.3. The number of phenols is 1. The minimum Gasteiger partial charge on any atom is -0.508 e. The Morgan fingerprint density at radius 3 is 2.43 bits per heavy atom. The molecule has 1 atom stereocenters. The molecule has 0 aliphatic carbocycles. The van der Waals surface area contributed by atoms with Crippen molar-refractivity contribution in [1.82, 2.24) is 4.90 Å². The average molecular weight is 381 g/mol. The second-order valence-corrected chi connectivity index (χ2v) is 7.26. The van der Waals surface area contributed by atoms with E-state index in [1.54, 1.807) is 12.1 Å². The van der Waals surface area contributed by atoms with Crippen molar-refractivity contribution >= 4 is 11.5 Å². The summed E-state index contributed by atoms with van der Waals surface area (Å²) in [6.07, 6.45) is 3.56. The van der Waals surface area contributed by atoms with Crippen molar-refractivity contribution in [2.24, 2.45) is 11.7 Å². The van der Waals surface area contributed by atoms with E-state index in [9.17, 15) is 9.90 Å². The van der Waals surface area contributed by atoms with Crippen LogP contribution in [0.2, 0.25) is 0 Å². The molecular weight excluding hydrogens is 348 g/mol. The lowest BCUT2D eigenvalue weighted by atomic mass is 9.91. The molecule has 2 aromatic rings. The molecule has 2 aromatic carbocycles. The van der Waals surface area contributed by atoms with E-state index in [4.69, 9.17) is 5.73 Å². The van der Waals surface area contributed by atoms with Gasteiger partial charge in [-0.2, -0.15) is 0 Å². The van der Waals surface area contributed by atoms with E-state index >= 15 is 0 Å². The van der Waals surface area contributed by atoms with Crippen LogP contribution in [-0.4, -0.2) is 35.5 Å². The second kappa shape index (κ2) is 10.7. The molecule has 3 N–H and O–H groups in total. The Kier molecular flexibility index (Phi) is 8.27. The van der Waals surface area contributed by atoms with Crippen molar-refractivity contribution in [3.8, 4) is 5.75 Å². The van der Waals surface area contributed by atoms with E-state index in [1.165, 1.54) is 16.7 Å². The summed E-state index contributed by atoms with van der Waals surface area (Å²) >= 11 is 0. The highest BCUT2D eigenvalue weighted by Crippen LogP contribution is 2.26. The van der Waals surface area contributed by atoms with Gasteiger partial charge < -0.3 is 15.7 Å². The number of hydrogen-bond acceptors (Lipinski definition) is 3. The molecule has 4 heteroatoms. The Balaban J connectivity index is 2.04. The summed E-state index contributed by atoms with van der Waals surface area (Å²) in [5.41, 5.74) is 10.5.